The predicted molar refractivity (Wildman–Crippen MR) is 106 cm³/mol. The lowest BCUT2D eigenvalue weighted by Gasteiger charge is -2.28. The summed E-state index contributed by atoms with van der Waals surface area (Å²) >= 11 is 3.43. The van der Waals surface area contributed by atoms with Gasteiger partial charge < -0.3 is 14.2 Å². The van der Waals surface area contributed by atoms with Gasteiger partial charge >= 0.3 is 0 Å². The van der Waals surface area contributed by atoms with Crippen LogP contribution in [-0.4, -0.2) is 59.7 Å². The monoisotopic (exact) mass is 419 g/mol. The van der Waals surface area contributed by atoms with Crippen LogP contribution in [0.1, 0.15) is 22.5 Å². The van der Waals surface area contributed by atoms with Gasteiger partial charge in [0, 0.05) is 55.2 Å². The van der Waals surface area contributed by atoms with Crippen LogP contribution in [-0.2, 0) is 18.3 Å². The Bertz CT molecular complexity index is 708. The van der Waals surface area contributed by atoms with Crippen LogP contribution in [0, 0.1) is 0 Å². The summed E-state index contributed by atoms with van der Waals surface area (Å²) in [5, 5.41) is 0. The van der Waals surface area contributed by atoms with E-state index in [4.69, 9.17) is 4.74 Å². The second-order valence-electron chi connectivity index (χ2n) is 6.65. The maximum Gasteiger partial charge on any atom is 0.254 e. The molecule has 1 aromatic heterocycles. The summed E-state index contributed by atoms with van der Waals surface area (Å²) in [6, 6.07) is 11.7. The fourth-order valence-electron chi connectivity index (χ4n) is 3.19. The molecule has 0 saturated carbocycles. The Morgan fingerprint density at radius 3 is 2.58 bits per heavy atom. The van der Waals surface area contributed by atoms with Gasteiger partial charge in [0.2, 0.25) is 0 Å². The molecule has 1 aliphatic heterocycles. The van der Waals surface area contributed by atoms with Crippen molar-refractivity contribution in [1.82, 2.24) is 14.4 Å². The van der Waals surface area contributed by atoms with Crippen molar-refractivity contribution in [2.24, 2.45) is 7.05 Å². The van der Waals surface area contributed by atoms with Crippen LogP contribution in [0.5, 0.6) is 0 Å². The first-order chi connectivity index (χ1) is 12.6. The zero-order chi connectivity index (χ0) is 18.4. The topological polar surface area (TPSA) is 37.7 Å². The lowest BCUT2D eigenvalue weighted by atomic mass is 10.2. The van der Waals surface area contributed by atoms with Gasteiger partial charge in [-0.1, -0.05) is 15.9 Å². The summed E-state index contributed by atoms with van der Waals surface area (Å²) in [5.41, 5.74) is 1.87. The first-order valence-corrected chi connectivity index (χ1v) is 9.88. The zero-order valence-electron chi connectivity index (χ0n) is 15.2. The van der Waals surface area contributed by atoms with E-state index >= 15 is 0 Å². The van der Waals surface area contributed by atoms with E-state index in [1.165, 1.54) is 0 Å². The van der Waals surface area contributed by atoms with Crippen molar-refractivity contribution in [2.75, 3.05) is 39.4 Å². The van der Waals surface area contributed by atoms with Gasteiger partial charge in [-0.3, -0.25) is 9.69 Å². The molecule has 26 heavy (non-hydrogen) atoms. The molecule has 2 aromatic rings. The van der Waals surface area contributed by atoms with E-state index in [9.17, 15) is 4.79 Å². The van der Waals surface area contributed by atoms with Crippen LogP contribution < -0.4 is 0 Å². The van der Waals surface area contributed by atoms with Gasteiger partial charge in [-0.2, -0.15) is 0 Å². The van der Waals surface area contributed by atoms with E-state index in [-0.39, 0.29) is 5.91 Å². The minimum Gasteiger partial charge on any atom is -0.379 e. The molecule has 5 nitrogen and oxygen atoms in total. The molecule has 1 fully saturated rings. The number of aromatic nitrogens is 1. The normalized spacial score (nSPS) is 15.2. The average Bonchev–Trinajstić information content (AvgIpc) is 3.06. The molecule has 0 spiro atoms. The highest BCUT2D eigenvalue weighted by Crippen LogP contribution is 2.15. The molecular weight excluding hydrogens is 394 g/mol. The zero-order valence-corrected chi connectivity index (χ0v) is 16.8. The molecule has 1 amide bonds. The number of carbonyl (C=O) groups excluding carboxylic acids is 1. The molecule has 0 bridgehead atoms. The van der Waals surface area contributed by atoms with Gasteiger partial charge in [-0.25, -0.2) is 0 Å². The third kappa shape index (κ3) is 5.19. The number of nitrogens with zero attached hydrogens (tertiary/aromatic N) is 3. The summed E-state index contributed by atoms with van der Waals surface area (Å²) in [4.78, 5) is 17.4. The third-order valence-electron chi connectivity index (χ3n) is 4.79. The fraction of sp³-hybridized carbons (Fsp3) is 0.450. The predicted octanol–water partition coefficient (Wildman–Crippen LogP) is 3.15. The van der Waals surface area contributed by atoms with Crippen molar-refractivity contribution in [3.05, 3.63) is 58.3 Å². The number of halogens is 1. The Hall–Kier alpha value is -1.63. The number of amides is 1. The van der Waals surface area contributed by atoms with Crippen LogP contribution in [0.15, 0.2) is 47.1 Å². The molecule has 1 aromatic carbocycles. The van der Waals surface area contributed by atoms with Gasteiger partial charge in [-0.15, -0.1) is 0 Å². The minimum absolute atomic E-state index is 0.0840. The highest BCUT2D eigenvalue weighted by Gasteiger charge is 2.18. The van der Waals surface area contributed by atoms with Gasteiger partial charge in [0.05, 0.1) is 19.8 Å². The molecule has 0 aliphatic carbocycles. The number of ether oxygens (including phenoxy) is 1. The number of aryl methyl sites for hydroxylation is 1. The molecule has 2 heterocycles. The highest BCUT2D eigenvalue weighted by molar-refractivity contribution is 9.10. The smallest absolute Gasteiger partial charge is 0.254 e. The maximum absolute atomic E-state index is 13.0. The standard InChI is InChI=1S/C20H26BrN3O2/c1-22-9-2-4-19(22)16-24(11-3-10-23-12-14-26-15-13-23)20(25)17-5-7-18(21)8-6-17/h2,4-9H,3,10-16H2,1H3. The summed E-state index contributed by atoms with van der Waals surface area (Å²) < 4.78 is 8.46. The quantitative estimate of drug-likeness (QED) is 0.691. The second kappa shape index (κ2) is 9.35. The molecule has 0 radical (unpaired) electrons. The SMILES string of the molecule is Cn1cccc1CN(CCCN1CCOCC1)C(=O)c1ccc(Br)cc1. The van der Waals surface area contributed by atoms with Crippen LogP contribution in [0.2, 0.25) is 0 Å². The average molecular weight is 420 g/mol. The molecule has 0 N–H and O–H groups in total. The molecule has 6 heteroatoms. The number of morpholine rings is 1. The van der Waals surface area contributed by atoms with E-state index in [1.54, 1.807) is 0 Å². The van der Waals surface area contributed by atoms with E-state index < -0.39 is 0 Å². The summed E-state index contributed by atoms with van der Waals surface area (Å²) in [7, 11) is 2.02. The first kappa shape index (κ1) is 19.1. The number of rotatable bonds is 7. The Morgan fingerprint density at radius 2 is 1.92 bits per heavy atom. The maximum atomic E-state index is 13.0. The Kier molecular flexibility index (Phi) is 6.88. The van der Waals surface area contributed by atoms with Crippen LogP contribution in [0.25, 0.3) is 0 Å². The van der Waals surface area contributed by atoms with Crippen molar-refractivity contribution in [2.45, 2.75) is 13.0 Å². The largest absolute Gasteiger partial charge is 0.379 e. The van der Waals surface area contributed by atoms with Gasteiger partial charge in [0.1, 0.15) is 0 Å². The van der Waals surface area contributed by atoms with Gasteiger partial charge in [0.15, 0.2) is 0 Å². The third-order valence-corrected chi connectivity index (χ3v) is 5.32. The molecule has 3 rings (SSSR count). The molecular formula is C20H26BrN3O2. The molecule has 0 unspecified atom stereocenters. The molecule has 0 atom stereocenters. The molecule has 1 saturated heterocycles. The second-order valence-corrected chi connectivity index (χ2v) is 7.57. The Labute approximate surface area is 163 Å². The lowest BCUT2D eigenvalue weighted by molar-refractivity contribution is 0.0355. The Balaban J connectivity index is 1.65. The fourth-order valence-corrected chi connectivity index (χ4v) is 3.46. The van der Waals surface area contributed by atoms with E-state index in [2.05, 4.69) is 31.5 Å². The van der Waals surface area contributed by atoms with E-state index in [0.29, 0.717) is 6.54 Å². The number of hydrogen-bond donors (Lipinski definition) is 0. The van der Waals surface area contributed by atoms with Crippen molar-refractivity contribution >= 4 is 21.8 Å². The first-order valence-electron chi connectivity index (χ1n) is 9.08. The van der Waals surface area contributed by atoms with Crippen molar-refractivity contribution in [3.63, 3.8) is 0 Å². The number of carbonyl (C=O) groups is 1. The number of benzene rings is 1. The molecule has 140 valence electrons. The summed E-state index contributed by atoms with van der Waals surface area (Å²) in [5.74, 6) is 0.0840. The molecule has 1 aliphatic rings. The van der Waals surface area contributed by atoms with E-state index in [1.807, 2.05) is 48.5 Å². The van der Waals surface area contributed by atoms with Crippen LogP contribution in [0.3, 0.4) is 0 Å². The Morgan fingerprint density at radius 1 is 1.19 bits per heavy atom. The summed E-state index contributed by atoms with van der Waals surface area (Å²) in [6.07, 6.45) is 2.98. The van der Waals surface area contributed by atoms with Gasteiger partial charge in [0.25, 0.3) is 5.91 Å². The van der Waals surface area contributed by atoms with E-state index in [0.717, 1.165) is 61.5 Å². The van der Waals surface area contributed by atoms with Gasteiger partial charge in [-0.05, 0) is 42.8 Å². The summed E-state index contributed by atoms with van der Waals surface area (Å²) in [6.45, 7) is 5.96. The van der Waals surface area contributed by atoms with Crippen LogP contribution >= 0.6 is 15.9 Å². The highest BCUT2D eigenvalue weighted by atomic mass is 79.9. The van der Waals surface area contributed by atoms with Crippen molar-refractivity contribution in [3.8, 4) is 0 Å². The van der Waals surface area contributed by atoms with Crippen molar-refractivity contribution in [1.29, 1.82) is 0 Å². The van der Waals surface area contributed by atoms with Crippen LogP contribution in [0.4, 0.5) is 0 Å². The number of hydrogen-bond acceptors (Lipinski definition) is 3. The lowest BCUT2D eigenvalue weighted by Crippen LogP contribution is -2.39. The minimum atomic E-state index is 0.0840. The van der Waals surface area contributed by atoms with Crippen molar-refractivity contribution < 1.29 is 9.53 Å².